The van der Waals surface area contributed by atoms with Crippen LogP contribution in [0.1, 0.15) is 43.7 Å². The monoisotopic (exact) mass is 415 g/mol. The molecule has 0 aliphatic rings. The second-order valence-corrected chi connectivity index (χ2v) is 7.02. The average molecular weight is 415 g/mol. The lowest BCUT2D eigenvalue weighted by atomic mass is 9.94. The first kappa shape index (κ1) is 20.2. The molecule has 2 aromatic heterocycles. The molecule has 4 aromatic rings. The average Bonchev–Trinajstić information content (AvgIpc) is 3.13. The summed E-state index contributed by atoms with van der Waals surface area (Å²) < 4.78 is 20.0. The Morgan fingerprint density at radius 1 is 0.903 bits per heavy atom. The minimum absolute atomic E-state index is 0.246. The first-order valence-corrected chi connectivity index (χ1v) is 9.55. The van der Waals surface area contributed by atoms with Crippen LogP contribution in [-0.2, 0) is 4.74 Å². The molecule has 0 amide bonds. The normalized spacial score (nSPS) is 10.8. The zero-order chi connectivity index (χ0) is 22.1. The minimum Gasteiger partial charge on any atom is -0.465 e. The van der Waals surface area contributed by atoms with Gasteiger partial charge in [-0.3, -0.25) is 9.59 Å². The number of methoxy groups -OCH3 is 1. The summed E-state index contributed by atoms with van der Waals surface area (Å²) in [6, 6.07) is 17.3. The van der Waals surface area contributed by atoms with Gasteiger partial charge in [0, 0.05) is 24.2 Å². The van der Waals surface area contributed by atoms with Crippen LogP contribution < -0.4 is 0 Å². The van der Waals surface area contributed by atoms with Gasteiger partial charge in [-0.15, -0.1) is 0 Å². The number of ketones is 2. The fraction of sp³-hybridized carbons (Fsp3) is 0.0800. The molecule has 0 N–H and O–H groups in total. The molecule has 5 nitrogen and oxygen atoms in total. The molecule has 6 heteroatoms. The molecule has 0 unspecified atom stereocenters. The largest absolute Gasteiger partial charge is 0.465 e. The van der Waals surface area contributed by atoms with Crippen molar-refractivity contribution in [1.82, 2.24) is 4.40 Å². The van der Waals surface area contributed by atoms with Crippen molar-refractivity contribution in [3.63, 3.8) is 0 Å². The number of pyridine rings is 1. The molecule has 2 heterocycles. The van der Waals surface area contributed by atoms with E-state index in [1.54, 1.807) is 40.9 Å². The van der Waals surface area contributed by atoms with E-state index in [9.17, 15) is 18.8 Å². The Bertz CT molecular complexity index is 1320. The van der Waals surface area contributed by atoms with Gasteiger partial charge in [-0.25, -0.2) is 9.18 Å². The predicted octanol–water partition coefficient (Wildman–Crippen LogP) is 4.97. The highest BCUT2D eigenvalue weighted by atomic mass is 19.1. The van der Waals surface area contributed by atoms with Crippen molar-refractivity contribution in [2.75, 3.05) is 7.11 Å². The molecule has 0 aliphatic carbocycles. The summed E-state index contributed by atoms with van der Waals surface area (Å²) in [6.07, 6.45) is 1.56. The van der Waals surface area contributed by atoms with Crippen LogP contribution in [-0.4, -0.2) is 29.0 Å². The number of halogens is 1. The maximum atomic E-state index is 13.6. The van der Waals surface area contributed by atoms with Gasteiger partial charge in [-0.2, -0.15) is 0 Å². The van der Waals surface area contributed by atoms with Crippen molar-refractivity contribution in [2.45, 2.75) is 6.92 Å². The van der Waals surface area contributed by atoms with Crippen molar-refractivity contribution in [2.24, 2.45) is 0 Å². The molecule has 0 bridgehead atoms. The van der Waals surface area contributed by atoms with Gasteiger partial charge in [0.05, 0.1) is 29.4 Å². The highest BCUT2D eigenvalue weighted by Crippen LogP contribution is 2.36. The van der Waals surface area contributed by atoms with Crippen molar-refractivity contribution < 1.29 is 23.5 Å². The highest BCUT2D eigenvalue weighted by Gasteiger charge is 2.28. The topological polar surface area (TPSA) is 64.8 Å². The van der Waals surface area contributed by atoms with Crippen LogP contribution in [0.3, 0.4) is 0 Å². The van der Waals surface area contributed by atoms with E-state index in [2.05, 4.69) is 0 Å². The number of Topliss-reactive ketones (excluding diaryl/α,β-unsaturated/α-hetero) is 1. The Labute approximate surface area is 177 Å². The van der Waals surface area contributed by atoms with E-state index in [0.717, 1.165) is 0 Å². The van der Waals surface area contributed by atoms with E-state index < -0.39 is 11.8 Å². The SMILES string of the molecule is COC(=O)c1ccn2c(C(C)=O)c(-c3ccc(F)cc3)c(C(=O)c3ccccc3)c2c1. The second-order valence-electron chi connectivity index (χ2n) is 7.02. The van der Waals surface area contributed by atoms with Gasteiger partial charge in [0.15, 0.2) is 11.6 Å². The van der Waals surface area contributed by atoms with Gasteiger partial charge >= 0.3 is 5.97 Å². The van der Waals surface area contributed by atoms with Crippen LogP contribution in [0.4, 0.5) is 4.39 Å². The third-order valence-electron chi connectivity index (χ3n) is 5.09. The smallest absolute Gasteiger partial charge is 0.337 e. The van der Waals surface area contributed by atoms with Crippen molar-refractivity contribution in [3.8, 4) is 11.1 Å². The van der Waals surface area contributed by atoms with Gasteiger partial charge in [0.2, 0.25) is 0 Å². The zero-order valence-electron chi connectivity index (χ0n) is 16.9. The Morgan fingerprint density at radius 3 is 2.19 bits per heavy atom. The van der Waals surface area contributed by atoms with E-state index in [1.165, 1.54) is 50.4 Å². The molecule has 154 valence electrons. The van der Waals surface area contributed by atoms with Crippen molar-refractivity contribution >= 4 is 23.1 Å². The fourth-order valence-corrected chi connectivity index (χ4v) is 3.71. The first-order valence-electron chi connectivity index (χ1n) is 9.55. The number of aromatic nitrogens is 1. The molecule has 0 atom stereocenters. The number of ether oxygens (including phenoxy) is 1. The van der Waals surface area contributed by atoms with Crippen LogP contribution in [0.25, 0.3) is 16.6 Å². The summed E-state index contributed by atoms with van der Waals surface area (Å²) in [5, 5.41) is 0. The quantitative estimate of drug-likeness (QED) is 0.341. The standard InChI is InChI=1S/C25H18FNO4/c1-15(28)23-21(16-8-10-19(26)11-9-16)22(24(29)17-6-4-3-5-7-17)20-14-18(25(30)31-2)12-13-27(20)23/h3-14H,1-2H3. The van der Waals surface area contributed by atoms with Gasteiger partial charge in [-0.05, 0) is 29.8 Å². The Balaban J connectivity index is 2.12. The Hall–Kier alpha value is -4.06. The molecular formula is C25H18FNO4. The van der Waals surface area contributed by atoms with Crippen molar-refractivity contribution in [1.29, 1.82) is 0 Å². The van der Waals surface area contributed by atoms with Crippen LogP contribution in [0.5, 0.6) is 0 Å². The van der Waals surface area contributed by atoms with Gasteiger partial charge < -0.3 is 9.14 Å². The molecule has 31 heavy (non-hydrogen) atoms. The van der Waals surface area contributed by atoms with E-state index in [1.807, 2.05) is 0 Å². The first-order chi connectivity index (χ1) is 14.9. The molecule has 0 aliphatic heterocycles. The summed E-state index contributed by atoms with van der Waals surface area (Å²) in [5.74, 6) is -1.57. The molecule has 0 radical (unpaired) electrons. The number of nitrogens with zero attached hydrogens (tertiary/aromatic N) is 1. The third-order valence-corrected chi connectivity index (χ3v) is 5.09. The number of carbonyl (C=O) groups excluding carboxylic acids is 3. The van der Waals surface area contributed by atoms with E-state index in [-0.39, 0.29) is 28.4 Å². The van der Waals surface area contributed by atoms with Gasteiger partial charge in [0.25, 0.3) is 0 Å². The number of esters is 1. The second kappa shape index (κ2) is 7.99. The third kappa shape index (κ3) is 3.53. The molecule has 2 aromatic carbocycles. The zero-order valence-corrected chi connectivity index (χ0v) is 16.9. The molecule has 4 rings (SSSR count). The lowest BCUT2D eigenvalue weighted by Gasteiger charge is -2.07. The van der Waals surface area contributed by atoms with E-state index >= 15 is 0 Å². The summed E-state index contributed by atoms with van der Waals surface area (Å²) in [5.41, 5.74) is 2.51. The maximum Gasteiger partial charge on any atom is 0.337 e. The van der Waals surface area contributed by atoms with E-state index in [0.29, 0.717) is 22.2 Å². The van der Waals surface area contributed by atoms with Crippen LogP contribution >= 0.6 is 0 Å². The number of hydrogen-bond acceptors (Lipinski definition) is 4. The summed E-state index contributed by atoms with van der Waals surface area (Å²) >= 11 is 0. The minimum atomic E-state index is -0.561. The summed E-state index contributed by atoms with van der Waals surface area (Å²) in [6.45, 7) is 1.40. The maximum absolute atomic E-state index is 13.6. The van der Waals surface area contributed by atoms with Crippen LogP contribution in [0, 0.1) is 5.82 Å². The molecule has 0 spiro atoms. The van der Waals surface area contributed by atoms with Gasteiger partial charge in [0.1, 0.15) is 5.82 Å². The lowest BCUT2D eigenvalue weighted by molar-refractivity contribution is 0.0600. The summed E-state index contributed by atoms with van der Waals surface area (Å²) in [7, 11) is 1.27. The lowest BCUT2D eigenvalue weighted by Crippen LogP contribution is -2.05. The number of benzene rings is 2. The summed E-state index contributed by atoms with van der Waals surface area (Å²) in [4.78, 5) is 38.4. The number of fused-ring (bicyclic) bond motifs is 1. The number of carbonyl (C=O) groups is 3. The molecule has 0 fully saturated rings. The number of hydrogen-bond donors (Lipinski definition) is 0. The van der Waals surface area contributed by atoms with Crippen molar-refractivity contribution in [3.05, 3.63) is 101 Å². The molecule has 0 saturated heterocycles. The Kier molecular flexibility index (Phi) is 5.21. The highest BCUT2D eigenvalue weighted by molar-refractivity contribution is 6.21. The number of rotatable bonds is 5. The predicted molar refractivity (Wildman–Crippen MR) is 114 cm³/mol. The van der Waals surface area contributed by atoms with E-state index in [4.69, 9.17) is 4.74 Å². The molecule has 0 saturated carbocycles. The Morgan fingerprint density at radius 2 is 1.58 bits per heavy atom. The van der Waals surface area contributed by atoms with Crippen LogP contribution in [0.15, 0.2) is 72.9 Å². The fourth-order valence-electron chi connectivity index (χ4n) is 3.71. The molecular weight excluding hydrogens is 397 g/mol. The van der Waals surface area contributed by atoms with Gasteiger partial charge in [-0.1, -0.05) is 42.5 Å². The van der Waals surface area contributed by atoms with Crippen LogP contribution in [0.2, 0.25) is 0 Å².